The maximum atomic E-state index is 11.4. The highest BCUT2D eigenvalue weighted by Crippen LogP contribution is 2.33. The number of nitrogens with two attached hydrogens (primary N) is 1. The molecule has 0 aromatic rings. The summed E-state index contributed by atoms with van der Waals surface area (Å²) in [7, 11) is 0. The van der Waals surface area contributed by atoms with Gasteiger partial charge in [0.15, 0.2) is 0 Å². The van der Waals surface area contributed by atoms with Crippen LogP contribution in [-0.4, -0.2) is 23.9 Å². The van der Waals surface area contributed by atoms with E-state index in [0.717, 1.165) is 51.2 Å². The molecule has 1 aliphatic rings. The highest BCUT2D eigenvalue weighted by molar-refractivity contribution is 5.66. The first-order valence-corrected chi connectivity index (χ1v) is 9.89. The number of rotatable bonds is 15. The molecule has 0 heterocycles. The molecule has 1 rings (SSSR count). The molecule has 0 amide bonds. The van der Waals surface area contributed by atoms with Crippen LogP contribution in [0.1, 0.15) is 77.0 Å². The van der Waals surface area contributed by atoms with Crippen molar-refractivity contribution in [1.29, 1.82) is 0 Å². The molecule has 25 heavy (non-hydrogen) atoms. The van der Waals surface area contributed by atoms with Gasteiger partial charge in [-0.1, -0.05) is 49.5 Å². The molecule has 0 aromatic heterocycles. The zero-order chi connectivity index (χ0) is 18.3. The van der Waals surface area contributed by atoms with Gasteiger partial charge in [-0.3, -0.25) is 4.79 Å². The van der Waals surface area contributed by atoms with E-state index in [1.165, 1.54) is 24.8 Å². The fraction of sp³-hybridized carbons (Fsp3) is 0.714. The molecule has 3 N–H and O–H groups in total. The first-order chi connectivity index (χ1) is 12.2. The second kappa shape index (κ2) is 13.8. The minimum Gasteiger partial charge on any atom is -0.481 e. The lowest BCUT2D eigenvalue weighted by Gasteiger charge is -2.15. The van der Waals surface area contributed by atoms with E-state index in [0.29, 0.717) is 18.9 Å². The fourth-order valence-corrected chi connectivity index (χ4v) is 3.55. The quantitative estimate of drug-likeness (QED) is 0.256. The van der Waals surface area contributed by atoms with Gasteiger partial charge >= 0.3 is 5.97 Å². The highest BCUT2D eigenvalue weighted by atomic mass is 16.4. The Morgan fingerprint density at radius 2 is 1.92 bits per heavy atom. The molecule has 2 atom stereocenters. The van der Waals surface area contributed by atoms with Crippen molar-refractivity contribution in [3.63, 3.8) is 0 Å². The number of allylic oxidation sites excluding steroid dienone is 3. The molecule has 0 saturated carbocycles. The zero-order valence-corrected chi connectivity index (χ0v) is 15.5. The summed E-state index contributed by atoms with van der Waals surface area (Å²) in [5.74, 6) is -0.107. The van der Waals surface area contributed by atoms with Gasteiger partial charge in [0.25, 0.3) is 0 Å². The van der Waals surface area contributed by atoms with Crippen LogP contribution in [-0.2, 0) is 9.59 Å². The third kappa shape index (κ3) is 10.2. The van der Waals surface area contributed by atoms with Crippen molar-refractivity contribution in [2.45, 2.75) is 77.0 Å². The molecule has 0 fully saturated rings. The van der Waals surface area contributed by atoms with Crippen molar-refractivity contribution in [2.75, 3.05) is 6.54 Å². The second-order valence-electron chi connectivity index (χ2n) is 7.11. The Labute approximate surface area is 152 Å². The first-order valence-electron chi connectivity index (χ1n) is 9.89. The average Bonchev–Trinajstić information content (AvgIpc) is 3.04. The predicted octanol–water partition coefficient (Wildman–Crippen LogP) is 4.64. The van der Waals surface area contributed by atoms with Crippen LogP contribution < -0.4 is 5.73 Å². The van der Waals surface area contributed by atoms with E-state index in [-0.39, 0.29) is 12.3 Å². The van der Waals surface area contributed by atoms with Gasteiger partial charge in [0.2, 0.25) is 0 Å². The smallest absolute Gasteiger partial charge is 0.303 e. The standard InChI is InChI=1S/C21H35NO3/c22-15-14-18-12-13-19(16-18)20(17-23)10-8-6-4-2-1-3-5-7-9-11-21(24)25/h5,7,16-17,19-20H,1-4,6,8-15,22H2,(H,24,25)/b7-5+/t19-,20+/m0/s1. The molecule has 4 nitrogen and oxygen atoms in total. The van der Waals surface area contributed by atoms with E-state index in [1.54, 1.807) is 0 Å². The number of carboxylic acids is 1. The van der Waals surface area contributed by atoms with E-state index < -0.39 is 5.97 Å². The Morgan fingerprint density at radius 1 is 1.20 bits per heavy atom. The average molecular weight is 350 g/mol. The van der Waals surface area contributed by atoms with Crippen LogP contribution in [0.5, 0.6) is 0 Å². The van der Waals surface area contributed by atoms with Gasteiger partial charge in [0.1, 0.15) is 6.29 Å². The molecule has 0 aromatic carbocycles. The Balaban J connectivity index is 2.03. The topological polar surface area (TPSA) is 80.4 Å². The largest absolute Gasteiger partial charge is 0.481 e. The summed E-state index contributed by atoms with van der Waals surface area (Å²) in [6.45, 7) is 0.707. The number of hydrogen-bond donors (Lipinski definition) is 2. The van der Waals surface area contributed by atoms with Crippen molar-refractivity contribution < 1.29 is 14.7 Å². The van der Waals surface area contributed by atoms with Gasteiger partial charge in [-0.15, -0.1) is 0 Å². The molecule has 4 heteroatoms. The maximum Gasteiger partial charge on any atom is 0.303 e. The third-order valence-electron chi connectivity index (χ3n) is 5.04. The molecule has 0 spiro atoms. The molecule has 0 radical (unpaired) electrons. The predicted molar refractivity (Wildman–Crippen MR) is 102 cm³/mol. The number of unbranched alkanes of at least 4 members (excludes halogenated alkanes) is 5. The van der Waals surface area contributed by atoms with Gasteiger partial charge < -0.3 is 15.6 Å². The lowest BCUT2D eigenvalue weighted by Crippen LogP contribution is -2.12. The second-order valence-corrected chi connectivity index (χ2v) is 7.11. The van der Waals surface area contributed by atoms with Gasteiger partial charge in [-0.2, -0.15) is 0 Å². The van der Waals surface area contributed by atoms with Crippen LogP contribution in [0.2, 0.25) is 0 Å². The van der Waals surface area contributed by atoms with Crippen LogP contribution in [0.3, 0.4) is 0 Å². The third-order valence-corrected chi connectivity index (χ3v) is 5.04. The lowest BCUT2D eigenvalue weighted by atomic mass is 9.88. The molecule has 0 saturated heterocycles. The Bertz CT molecular complexity index is 442. The Kier molecular flexibility index (Phi) is 12.0. The van der Waals surface area contributed by atoms with Gasteiger partial charge in [0.05, 0.1) is 0 Å². The molecule has 0 bridgehead atoms. The maximum absolute atomic E-state index is 11.4. The summed E-state index contributed by atoms with van der Waals surface area (Å²) in [6, 6.07) is 0. The molecule has 142 valence electrons. The first kappa shape index (κ1) is 21.6. The van der Waals surface area contributed by atoms with Gasteiger partial charge in [-0.25, -0.2) is 0 Å². The highest BCUT2D eigenvalue weighted by Gasteiger charge is 2.23. The molecule has 1 aliphatic carbocycles. The molecule has 0 unspecified atom stereocenters. The molecular formula is C21H35NO3. The lowest BCUT2D eigenvalue weighted by molar-refractivity contribution is -0.136. The minimum absolute atomic E-state index is 0.187. The summed E-state index contributed by atoms with van der Waals surface area (Å²) >= 11 is 0. The number of aldehydes is 1. The van der Waals surface area contributed by atoms with Crippen molar-refractivity contribution in [1.82, 2.24) is 0 Å². The number of carbonyl (C=O) groups is 2. The van der Waals surface area contributed by atoms with Gasteiger partial charge in [-0.05, 0) is 57.4 Å². The Hall–Kier alpha value is -1.42. The summed E-state index contributed by atoms with van der Waals surface area (Å²) in [5, 5.41) is 8.54. The van der Waals surface area contributed by atoms with Crippen molar-refractivity contribution >= 4 is 12.3 Å². The van der Waals surface area contributed by atoms with Crippen LogP contribution in [0.15, 0.2) is 23.8 Å². The van der Waals surface area contributed by atoms with Crippen LogP contribution in [0.25, 0.3) is 0 Å². The summed E-state index contributed by atoms with van der Waals surface area (Å²) in [5.41, 5.74) is 7.05. The summed E-state index contributed by atoms with van der Waals surface area (Å²) < 4.78 is 0. The van der Waals surface area contributed by atoms with E-state index in [9.17, 15) is 9.59 Å². The Morgan fingerprint density at radius 3 is 2.64 bits per heavy atom. The molecular weight excluding hydrogens is 314 g/mol. The number of carbonyl (C=O) groups excluding carboxylic acids is 1. The van der Waals surface area contributed by atoms with Gasteiger partial charge in [0, 0.05) is 12.3 Å². The number of aliphatic carboxylic acids is 1. The van der Waals surface area contributed by atoms with E-state index >= 15 is 0 Å². The number of hydrogen-bond acceptors (Lipinski definition) is 3. The van der Waals surface area contributed by atoms with E-state index in [2.05, 4.69) is 12.2 Å². The summed E-state index contributed by atoms with van der Waals surface area (Å²) in [4.78, 5) is 21.8. The molecule has 0 aliphatic heterocycles. The van der Waals surface area contributed by atoms with Crippen molar-refractivity contribution in [2.24, 2.45) is 17.6 Å². The van der Waals surface area contributed by atoms with Crippen molar-refractivity contribution in [3.05, 3.63) is 23.8 Å². The van der Waals surface area contributed by atoms with Crippen LogP contribution in [0, 0.1) is 11.8 Å². The zero-order valence-electron chi connectivity index (χ0n) is 15.5. The summed E-state index contributed by atoms with van der Waals surface area (Å²) in [6.07, 6.45) is 19.6. The minimum atomic E-state index is -0.734. The van der Waals surface area contributed by atoms with Crippen LogP contribution in [0.4, 0.5) is 0 Å². The monoisotopic (exact) mass is 349 g/mol. The van der Waals surface area contributed by atoms with E-state index in [1.807, 2.05) is 6.08 Å². The fourth-order valence-electron chi connectivity index (χ4n) is 3.55. The van der Waals surface area contributed by atoms with E-state index in [4.69, 9.17) is 10.8 Å². The number of carboxylic acid groups (broad SMARTS) is 1. The SMILES string of the molecule is NCCC1=C[C@@H]([C@@H](C=O)CCCCCCC/C=C/CCC(=O)O)CC1. The normalized spacial score (nSPS) is 18.4. The van der Waals surface area contributed by atoms with Crippen LogP contribution >= 0.6 is 0 Å². The van der Waals surface area contributed by atoms with Crippen molar-refractivity contribution in [3.8, 4) is 0 Å².